The number of carbonyl (C=O) groups is 1. The first kappa shape index (κ1) is 27.2. The lowest BCUT2D eigenvalue weighted by atomic mass is 9.98. The lowest BCUT2D eigenvalue weighted by Gasteiger charge is -2.24. The second-order valence-corrected chi connectivity index (χ2v) is 9.60. The molecule has 0 unspecified atom stereocenters. The van der Waals surface area contributed by atoms with E-state index in [1.807, 2.05) is 30.3 Å². The summed E-state index contributed by atoms with van der Waals surface area (Å²) >= 11 is 0. The highest BCUT2D eigenvalue weighted by Crippen LogP contribution is 2.32. The number of hydrogen-bond donors (Lipinski definition) is 0. The molecule has 0 fully saturated rings. The molecule has 0 amide bonds. The van der Waals surface area contributed by atoms with Crippen molar-refractivity contribution in [3.05, 3.63) is 180 Å². The molecule has 41 heavy (non-hydrogen) atoms. The minimum atomic E-state index is -0.470. The molecule has 0 saturated carbocycles. The zero-order valence-electron chi connectivity index (χ0n) is 23.0. The molecule has 5 aromatic rings. The van der Waals surface area contributed by atoms with Crippen molar-refractivity contribution in [3.63, 3.8) is 0 Å². The lowest BCUT2D eigenvalue weighted by molar-refractivity contribution is -0.128. The lowest BCUT2D eigenvalue weighted by Crippen LogP contribution is -2.10. The molecule has 0 atom stereocenters. The molecule has 0 radical (unpaired) electrons. The van der Waals surface area contributed by atoms with Crippen molar-refractivity contribution in [3.8, 4) is 5.75 Å². The minimum Gasteiger partial charge on any atom is -0.423 e. The monoisotopic (exact) mass is 533 g/mol. The van der Waals surface area contributed by atoms with Crippen molar-refractivity contribution in [2.24, 2.45) is 0 Å². The van der Waals surface area contributed by atoms with Gasteiger partial charge in [-0.1, -0.05) is 121 Å². The van der Waals surface area contributed by atoms with E-state index in [9.17, 15) is 4.79 Å². The summed E-state index contributed by atoms with van der Waals surface area (Å²) in [5, 5.41) is 0. The Balaban J connectivity index is 1.46. The topological polar surface area (TPSA) is 29.5 Å². The SMILES string of the molecule is C=CC(=O)Oc1ccc(C=Cc2ccc(N(C=C(c3ccccc3)c3ccccc3)c3ccc(C)cc3)cc2)cc1. The van der Waals surface area contributed by atoms with Crippen LogP contribution in [0.1, 0.15) is 27.8 Å². The Bertz CT molecular complexity index is 1610. The first-order chi connectivity index (χ1) is 20.1. The predicted octanol–water partition coefficient (Wildman–Crippen LogP) is 9.48. The summed E-state index contributed by atoms with van der Waals surface area (Å²) in [5.41, 5.74) is 8.89. The van der Waals surface area contributed by atoms with Gasteiger partial charge < -0.3 is 9.64 Å². The van der Waals surface area contributed by atoms with Crippen LogP contribution in [-0.2, 0) is 4.79 Å². The number of nitrogens with zero attached hydrogens (tertiary/aromatic N) is 1. The molecular formula is C38H31NO2. The quantitative estimate of drug-likeness (QED) is 0.0818. The zero-order chi connectivity index (χ0) is 28.4. The van der Waals surface area contributed by atoms with Crippen LogP contribution in [0.5, 0.6) is 5.75 Å². The van der Waals surface area contributed by atoms with E-state index in [0.717, 1.165) is 45.3 Å². The molecule has 0 spiro atoms. The smallest absolute Gasteiger partial charge is 0.335 e. The predicted molar refractivity (Wildman–Crippen MR) is 171 cm³/mol. The van der Waals surface area contributed by atoms with Gasteiger partial charge in [-0.2, -0.15) is 0 Å². The average Bonchev–Trinajstić information content (AvgIpc) is 3.03. The fourth-order valence-corrected chi connectivity index (χ4v) is 4.43. The van der Waals surface area contributed by atoms with E-state index in [1.54, 1.807) is 12.1 Å². The largest absolute Gasteiger partial charge is 0.423 e. The van der Waals surface area contributed by atoms with Gasteiger partial charge in [0, 0.05) is 29.2 Å². The van der Waals surface area contributed by atoms with Gasteiger partial charge in [0.1, 0.15) is 5.75 Å². The van der Waals surface area contributed by atoms with Crippen LogP contribution in [0.25, 0.3) is 17.7 Å². The van der Waals surface area contributed by atoms with E-state index in [1.165, 1.54) is 5.56 Å². The van der Waals surface area contributed by atoms with Crippen LogP contribution in [0.3, 0.4) is 0 Å². The van der Waals surface area contributed by atoms with Crippen LogP contribution in [-0.4, -0.2) is 5.97 Å². The van der Waals surface area contributed by atoms with Gasteiger partial charge in [-0.3, -0.25) is 0 Å². The van der Waals surface area contributed by atoms with Crippen molar-refractivity contribution in [2.75, 3.05) is 4.90 Å². The fraction of sp³-hybridized carbons (Fsp3) is 0.0263. The third-order valence-electron chi connectivity index (χ3n) is 6.64. The highest BCUT2D eigenvalue weighted by atomic mass is 16.5. The normalized spacial score (nSPS) is 10.7. The maximum Gasteiger partial charge on any atom is 0.335 e. The fourth-order valence-electron chi connectivity index (χ4n) is 4.43. The van der Waals surface area contributed by atoms with Gasteiger partial charge in [0.2, 0.25) is 0 Å². The van der Waals surface area contributed by atoms with Crippen LogP contribution in [0.15, 0.2) is 152 Å². The van der Waals surface area contributed by atoms with Crippen LogP contribution in [0, 0.1) is 6.92 Å². The summed E-state index contributed by atoms with van der Waals surface area (Å²) in [5.74, 6) is 0.0218. The van der Waals surface area contributed by atoms with E-state index in [4.69, 9.17) is 4.74 Å². The Morgan fingerprint density at radius 3 is 1.59 bits per heavy atom. The summed E-state index contributed by atoms with van der Waals surface area (Å²) in [6.45, 7) is 5.53. The molecule has 0 bridgehead atoms. The number of anilines is 2. The highest BCUT2D eigenvalue weighted by Gasteiger charge is 2.12. The molecule has 0 heterocycles. The number of aryl methyl sites for hydroxylation is 1. The van der Waals surface area contributed by atoms with Gasteiger partial charge in [0.25, 0.3) is 0 Å². The summed E-state index contributed by atoms with van der Waals surface area (Å²) < 4.78 is 5.15. The van der Waals surface area contributed by atoms with Gasteiger partial charge >= 0.3 is 5.97 Å². The van der Waals surface area contributed by atoms with Crippen molar-refractivity contribution in [1.29, 1.82) is 0 Å². The van der Waals surface area contributed by atoms with Crippen molar-refractivity contribution in [2.45, 2.75) is 6.92 Å². The molecule has 0 aliphatic rings. The summed E-state index contributed by atoms with van der Waals surface area (Å²) in [7, 11) is 0. The molecule has 5 rings (SSSR count). The maximum atomic E-state index is 11.4. The van der Waals surface area contributed by atoms with E-state index in [0.29, 0.717) is 5.75 Å². The van der Waals surface area contributed by atoms with Gasteiger partial charge in [-0.25, -0.2) is 4.79 Å². The first-order valence-electron chi connectivity index (χ1n) is 13.5. The molecule has 0 saturated heterocycles. The number of ether oxygens (including phenoxy) is 1. The molecule has 0 aliphatic carbocycles. The second-order valence-electron chi connectivity index (χ2n) is 9.60. The van der Waals surface area contributed by atoms with Crippen LogP contribution < -0.4 is 9.64 Å². The van der Waals surface area contributed by atoms with E-state index >= 15 is 0 Å². The number of carbonyl (C=O) groups excluding carboxylic acids is 1. The zero-order valence-corrected chi connectivity index (χ0v) is 23.0. The number of rotatable bonds is 9. The second kappa shape index (κ2) is 13.1. The Morgan fingerprint density at radius 2 is 1.10 bits per heavy atom. The Labute approximate surface area is 242 Å². The summed E-state index contributed by atoms with van der Waals surface area (Å²) in [6, 6.07) is 45.5. The number of hydrogen-bond acceptors (Lipinski definition) is 3. The van der Waals surface area contributed by atoms with E-state index < -0.39 is 5.97 Å². The van der Waals surface area contributed by atoms with E-state index in [-0.39, 0.29) is 0 Å². The summed E-state index contributed by atoms with van der Waals surface area (Å²) in [4.78, 5) is 13.6. The first-order valence-corrected chi connectivity index (χ1v) is 13.5. The third kappa shape index (κ3) is 7.17. The number of esters is 1. The van der Waals surface area contributed by atoms with Gasteiger partial charge in [0.05, 0.1) is 0 Å². The molecule has 0 aromatic heterocycles. The molecule has 200 valence electrons. The Hall–Kier alpha value is -5.41. The molecule has 3 nitrogen and oxygen atoms in total. The van der Waals surface area contributed by atoms with Crippen molar-refractivity contribution < 1.29 is 9.53 Å². The van der Waals surface area contributed by atoms with Crippen LogP contribution in [0.4, 0.5) is 11.4 Å². The van der Waals surface area contributed by atoms with Gasteiger partial charge in [-0.15, -0.1) is 0 Å². The standard InChI is InChI=1S/C38H31NO2/c1-3-38(40)41-36-26-20-31(21-27-36)17-16-30-18-24-35(25-19-30)39(34-22-14-29(2)15-23-34)28-37(32-10-6-4-7-11-32)33-12-8-5-9-13-33/h3-28H,1H2,2H3. The average molecular weight is 534 g/mol. The molecule has 0 N–H and O–H groups in total. The molecule has 3 heteroatoms. The van der Waals surface area contributed by atoms with Crippen LogP contribution in [0.2, 0.25) is 0 Å². The molecule has 0 aliphatic heterocycles. The van der Waals surface area contributed by atoms with Crippen LogP contribution >= 0.6 is 0 Å². The maximum absolute atomic E-state index is 11.4. The van der Waals surface area contributed by atoms with Gasteiger partial charge in [-0.05, 0) is 65.6 Å². The summed E-state index contributed by atoms with van der Waals surface area (Å²) in [6.07, 6.45) is 7.48. The minimum absolute atomic E-state index is 0.470. The Morgan fingerprint density at radius 1 is 0.634 bits per heavy atom. The van der Waals surface area contributed by atoms with Crippen molar-refractivity contribution in [1.82, 2.24) is 0 Å². The molecular weight excluding hydrogens is 502 g/mol. The molecule has 5 aromatic carbocycles. The highest BCUT2D eigenvalue weighted by molar-refractivity contribution is 5.84. The van der Waals surface area contributed by atoms with Crippen molar-refractivity contribution >= 4 is 35.1 Å². The number of benzene rings is 5. The van der Waals surface area contributed by atoms with E-state index in [2.05, 4.69) is 128 Å². The Kier molecular flexibility index (Phi) is 8.68. The third-order valence-corrected chi connectivity index (χ3v) is 6.64. The van der Waals surface area contributed by atoms with Gasteiger partial charge in [0.15, 0.2) is 0 Å².